The maximum Gasteiger partial charge on any atom is 0.139 e. The van der Waals surface area contributed by atoms with Crippen molar-refractivity contribution in [2.45, 2.75) is 12.5 Å². The van der Waals surface area contributed by atoms with E-state index in [0.29, 0.717) is 21.7 Å². The van der Waals surface area contributed by atoms with Crippen molar-refractivity contribution in [3.8, 4) is 5.75 Å². The zero-order valence-corrected chi connectivity index (χ0v) is 10.8. The fourth-order valence-corrected chi connectivity index (χ4v) is 2.35. The topological polar surface area (TPSA) is 41.5 Å². The van der Waals surface area contributed by atoms with Crippen LogP contribution in [0.3, 0.4) is 0 Å². The molecule has 0 spiro atoms. The van der Waals surface area contributed by atoms with Crippen LogP contribution in [0, 0.1) is 5.92 Å². The van der Waals surface area contributed by atoms with Crippen molar-refractivity contribution in [3.05, 3.63) is 28.2 Å². The molecule has 1 fully saturated rings. The van der Waals surface area contributed by atoms with Crippen molar-refractivity contribution in [1.82, 2.24) is 5.32 Å². The summed E-state index contributed by atoms with van der Waals surface area (Å²) in [5.74, 6) is 0.847. The quantitative estimate of drug-likeness (QED) is 0.887. The van der Waals surface area contributed by atoms with Crippen LogP contribution in [-0.4, -0.2) is 30.9 Å². The van der Waals surface area contributed by atoms with Crippen molar-refractivity contribution in [2.24, 2.45) is 5.92 Å². The van der Waals surface area contributed by atoms with E-state index in [4.69, 9.17) is 27.9 Å². The number of hydrogen-bond acceptors (Lipinski definition) is 3. The molecule has 1 aromatic carbocycles. The van der Waals surface area contributed by atoms with Gasteiger partial charge < -0.3 is 15.2 Å². The Morgan fingerprint density at radius 3 is 2.94 bits per heavy atom. The highest BCUT2D eigenvalue weighted by Gasteiger charge is 2.26. The zero-order valence-electron chi connectivity index (χ0n) is 9.33. The van der Waals surface area contributed by atoms with Gasteiger partial charge in [-0.1, -0.05) is 29.3 Å². The molecule has 3 nitrogen and oxygen atoms in total. The lowest BCUT2D eigenvalue weighted by Crippen LogP contribution is -2.32. The number of rotatable bonds is 4. The summed E-state index contributed by atoms with van der Waals surface area (Å²) in [5, 5.41) is 13.5. The number of nitrogens with one attached hydrogen (secondary N) is 1. The standard InChI is InChI=1S/C12H15Cl2NO2/c13-9-2-1-3-10(12(9)14)17-11(7-16)8-4-5-15-6-8/h1-3,8,11,15-16H,4-7H2/t8?,11-/m1/s1. The van der Waals surface area contributed by atoms with E-state index in [1.807, 2.05) is 0 Å². The summed E-state index contributed by atoms with van der Waals surface area (Å²) < 4.78 is 5.75. The fraction of sp³-hybridized carbons (Fsp3) is 0.500. The van der Waals surface area contributed by atoms with Crippen LogP contribution in [0.5, 0.6) is 5.75 Å². The van der Waals surface area contributed by atoms with Crippen molar-refractivity contribution >= 4 is 23.2 Å². The lowest BCUT2D eigenvalue weighted by molar-refractivity contribution is 0.0743. The molecule has 2 rings (SSSR count). The van der Waals surface area contributed by atoms with Gasteiger partial charge in [-0.2, -0.15) is 0 Å². The van der Waals surface area contributed by atoms with Gasteiger partial charge in [0.15, 0.2) is 0 Å². The molecule has 1 heterocycles. The predicted molar refractivity (Wildman–Crippen MR) is 68.9 cm³/mol. The first-order chi connectivity index (χ1) is 8.22. The molecule has 0 aliphatic carbocycles. The highest BCUT2D eigenvalue weighted by Crippen LogP contribution is 2.33. The maximum absolute atomic E-state index is 9.38. The molecule has 0 bridgehead atoms. The molecule has 1 aliphatic heterocycles. The molecule has 2 atom stereocenters. The van der Waals surface area contributed by atoms with Gasteiger partial charge in [0.1, 0.15) is 16.9 Å². The number of aliphatic hydroxyl groups is 1. The minimum atomic E-state index is -0.235. The molecule has 0 aromatic heterocycles. The van der Waals surface area contributed by atoms with Crippen molar-refractivity contribution < 1.29 is 9.84 Å². The van der Waals surface area contributed by atoms with Gasteiger partial charge in [-0.05, 0) is 25.1 Å². The molecule has 1 aromatic rings. The number of halogens is 2. The second-order valence-corrected chi connectivity index (χ2v) is 4.93. The Labute approximate surface area is 111 Å². The van der Waals surface area contributed by atoms with E-state index in [9.17, 15) is 5.11 Å². The van der Waals surface area contributed by atoms with Crippen molar-refractivity contribution in [1.29, 1.82) is 0 Å². The predicted octanol–water partition coefficient (Wildman–Crippen LogP) is 2.34. The molecule has 0 radical (unpaired) electrons. The summed E-state index contributed by atoms with van der Waals surface area (Å²) in [6, 6.07) is 5.26. The Bertz CT molecular complexity index is 381. The van der Waals surface area contributed by atoms with Gasteiger partial charge in [-0.3, -0.25) is 0 Å². The summed E-state index contributed by atoms with van der Waals surface area (Å²) in [4.78, 5) is 0. The highest BCUT2D eigenvalue weighted by atomic mass is 35.5. The monoisotopic (exact) mass is 275 g/mol. The van der Waals surface area contributed by atoms with Gasteiger partial charge in [0, 0.05) is 12.5 Å². The van der Waals surface area contributed by atoms with Gasteiger partial charge in [0.2, 0.25) is 0 Å². The average Bonchev–Trinajstić information content (AvgIpc) is 2.85. The molecule has 1 unspecified atom stereocenters. The Balaban J connectivity index is 2.09. The van der Waals surface area contributed by atoms with E-state index in [-0.39, 0.29) is 12.7 Å². The minimum Gasteiger partial charge on any atom is -0.486 e. The summed E-state index contributed by atoms with van der Waals surface area (Å²) in [6.07, 6.45) is 0.768. The Morgan fingerprint density at radius 1 is 1.47 bits per heavy atom. The van der Waals surface area contributed by atoms with Crippen LogP contribution in [0.25, 0.3) is 0 Å². The lowest BCUT2D eigenvalue weighted by atomic mass is 10.0. The average molecular weight is 276 g/mol. The molecule has 94 valence electrons. The van der Waals surface area contributed by atoms with Gasteiger partial charge in [-0.25, -0.2) is 0 Å². The molecule has 5 heteroatoms. The largest absolute Gasteiger partial charge is 0.486 e. The Morgan fingerprint density at radius 2 is 2.29 bits per heavy atom. The minimum absolute atomic E-state index is 0.0187. The second kappa shape index (κ2) is 5.91. The summed E-state index contributed by atoms with van der Waals surface area (Å²) >= 11 is 12.0. The zero-order chi connectivity index (χ0) is 12.3. The number of ether oxygens (including phenoxy) is 1. The van der Waals surface area contributed by atoms with Crippen LogP contribution in [0.2, 0.25) is 10.0 Å². The van der Waals surface area contributed by atoms with Crippen LogP contribution in [-0.2, 0) is 0 Å². The summed E-state index contributed by atoms with van der Waals surface area (Å²) in [7, 11) is 0. The molecule has 0 amide bonds. The third-order valence-electron chi connectivity index (χ3n) is 3.00. The number of benzene rings is 1. The van der Waals surface area contributed by atoms with Gasteiger partial charge in [0.05, 0.1) is 11.6 Å². The maximum atomic E-state index is 9.38. The van der Waals surface area contributed by atoms with Gasteiger partial charge in [-0.15, -0.1) is 0 Å². The SMILES string of the molecule is OC[C@@H](Oc1cccc(Cl)c1Cl)C1CCNC1. The van der Waals surface area contributed by atoms with E-state index in [1.54, 1.807) is 18.2 Å². The Hall–Kier alpha value is -0.480. The number of aliphatic hydroxyl groups excluding tert-OH is 1. The summed E-state index contributed by atoms with van der Waals surface area (Å²) in [5.41, 5.74) is 0. The van der Waals surface area contributed by atoms with E-state index >= 15 is 0 Å². The molecular formula is C12H15Cl2NO2. The van der Waals surface area contributed by atoms with Crippen LogP contribution >= 0.6 is 23.2 Å². The van der Waals surface area contributed by atoms with Crippen LogP contribution in [0.1, 0.15) is 6.42 Å². The summed E-state index contributed by atoms with van der Waals surface area (Å²) in [6.45, 7) is 1.81. The van der Waals surface area contributed by atoms with Crippen molar-refractivity contribution in [3.63, 3.8) is 0 Å². The molecule has 17 heavy (non-hydrogen) atoms. The Kier molecular flexibility index (Phi) is 4.51. The first-order valence-electron chi connectivity index (χ1n) is 5.64. The molecule has 1 saturated heterocycles. The van der Waals surface area contributed by atoms with Crippen LogP contribution in [0.15, 0.2) is 18.2 Å². The molecular weight excluding hydrogens is 261 g/mol. The normalized spacial score (nSPS) is 21.5. The third kappa shape index (κ3) is 3.05. The molecule has 0 saturated carbocycles. The van der Waals surface area contributed by atoms with E-state index in [1.165, 1.54) is 0 Å². The van der Waals surface area contributed by atoms with E-state index < -0.39 is 0 Å². The van der Waals surface area contributed by atoms with Crippen molar-refractivity contribution in [2.75, 3.05) is 19.7 Å². The molecule has 1 aliphatic rings. The number of hydrogen-bond donors (Lipinski definition) is 2. The van der Waals surface area contributed by atoms with Crippen LogP contribution in [0.4, 0.5) is 0 Å². The third-order valence-corrected chi connectivity index (χ3v) is 3.80. The van der Waals surface area contributed by atoms with Gasteiger partial charge >= 0.3 is 0 Å². The van der Waals surface area contributed by atoms with E-state index in [2.05, 4.69) is 5.32 Å². The first kappa shape index (κ1) is 13.0. The molecule has 2 N–H and O–H groups in total. The highest BCUT2D eigenvalue weighted by molar-refractivity contribution is 6.42. The first-order valence-corrected chi connectivity index (χ1v) is 6.40. The second-order valence-electron chi connectivity index (χ2n) is 4.14. The van der Waals surface area contributed by atoms with Gasteiger partial charge in [0.25, 0.3) is 0 Å². The van der Waals surface area contributed by atoms with E-state index in [0.717, 1.165) is 19.5 Å². The lowest BCUT2D eigenvalue weighted by Gasteiger charge is -2.23. The smallest absolute Gasteiger partial charge is 0.139 e. The van der Waals surface area contributed by atoms with Crippen LogP contribution < -0.4 is 10.1 Å². The fourth-order valence-electron chi connectivity index (χ4n) is 2.01.